The third-order valence-corrected chi connectivity index (χ3v) is 12.6. The Kier molecular flexibility index (Phi) is 11.6. The van der Waals surface area contributed by atoms with E-state index in [4.69, 9.17) is 4.74 Å². The highest BCUT2D eigenvalue weighted by molar-refractivity contribution is 7.87. The van der Waals surface area contributed by atoms with Gasteiger partial charge in [0.2, 0.25) is 5.91 Å². The molecule has 1 saturated heterocycles. The number of ether oxygens (including phenoxy) is 1. The second kappa shape index (κ2) is 15.2. The van der Waals surface area contributed by atoms with Crippen LogP contribution in [0.3, 0.4) is 0 Å². The van der Waals surface area contributed by atoms with Crippen molar-refractivity contribution in [3.63, 3.8) is 0 Å². The second-order valence-electron chi connectivity index (χ2n) is 15.4. The summed E-state index contributed by atoms with van der Waals surface area (Å²) in [6.45, 7) is 7.40. The van der Waals surface area contributed by atoms with Gasteiger partial charge in [-0.15, -0.1) is 0 Å². The molecule has 1 saturated carbocycles. The molecule has 4 unspecified atom stereocenters. The van der Waals surface area contributed by atoms with E-state index in [1.165, 1.54) is 26.1 Å². The average molecular weight is 711 g/mol. The lowest BCUT2D eigenvalue weighted by atomic mass is 9.72. The topological polar surface area (TPSA) is 106 Å². The zero-order chi connectivity index (χ0) is 36.5. The highest BCUT2D eigenvalue weighted by Gasteiger charge is 2.57. The van der Waals surface area contributed by atoms with Gasteiger partial charge in [0.25, 0.3) is 5.91 Å². The number of rotatable bonds is 9. The second-order valence-corrected chi connectivity index (χ2v) is 17.3. The minimum Gasteiger partial charge on any atom is -0.497 e. The largest absolute Gasteiger partial charge is 0.497 e. The van der Waals surface area contributed by atoms with Crippen LogP contribution in [0.1, 0.15) is 63.0 Å². The number of fused-ring (bicyclic) bond motifs is 5. The molecule has 1 aromatic rings. The maximum Gasteiger partial charge on any atom is 0.303 e. The van der Waals surface area contributed by atoms with E-state index in [0.717, 1.165) is 65.7 Å². The molecular formula is C38H58N6O5S. The number of allylic oxidation sites excluding steroid dienone is 2. The first-order valence-electron chi connectivity index (χ1n) is 18.0. The number of likely N-dealkylation sites (N-methyl/N-ethyl adjacent to an activating group) is 1. The summed E-state index contributed by atoms with van der Waals surface area (Å²) in [5.41, 5.74) is 4.19. The molecule has 2 fully saturated rings. The number of methoxy groups -OCH3 is 1. The molecule has 3 aliphatic heterocycles. The first-order valence-corrected chi connectivity index (χ1v) is 19.4. The number of likely N-dealkylation sites (tertiary alicyclic amines) is 1. The van der Waals surface area contributed by atoms with Crippen molar-refractivity contribution in [3.05, 3.63) is 58.7 Å². The average Bonchev–Trinajstić information content (AvgIpc) is 3.43. The number of nitrogens with one attached hydrogen (secondary N) is 1. The van der Waals surface area contributed by atoms with E-state index in [1.807, 2.05) is 26.2 Å². The lowest BCUT2D eigenvalue weighted by Crippen LogP contribution is -2.52. The molecular weight excluding hydrogens is 653 g/mol. The fourth-order valence-electron chi connectivity index (χ4n) is 8.73. The summed E-state index contributed by atoms with van der Waals surface area (Å²) >= 11 is 0. The number of hydrogen-bond acceptors (Lipinski definition) is 8. The van der Waals surface area contributed by atoms with E-state index in [9.17, 15) is 18.0 Å². The lowest BCUT2D eigenvalue weighted by molar-refractivity contribution is -0.140. The van der Waals surface area contributed by atoms with Gasteiger partial charge in [-0.2, -0.15) is 12.7 Å². The van der Waals surface area contributed by atoms with Gasteiger partial charge in [0.1, 0.15) is 5.75 Å². The van der Waals surface area contributed by atoms with Gasteiger partial charge >= 0.3 is 10.2 Å². The summed E-state index contributed by atoms with van der Waals surface area (Å²) in [5.74, 6) is 0.369. The molecule has 0 bridgehead atoms. The summed E-state index contributed by atoms with van der Waals surface area (Å²) in [6.07, 6.45) is 11.4. The van der Waals surface area contributed by atoms with Crippen molar-refractivity contribution in [1.82, 2.24) is 28.6 Å². The number of nitrogens with zero attached hydrogens (tertiary/aromatic N) is 5. The summed E-state index contributed by atoms with van der Waals surface area (Å²) < 4.78 is 34.5. The molecule has 12 heteroatoms. The van der Waals surface area contributed by atoms with E-state index in [2.05, 4.69) is 65.6 Å². The van der Waals surface area contributed by atoms with Gasteiger partial charge in [-0.05, 0) is 75.0 Å². The summed E-state index contributed by atoms with van der Waals surface area (Å²) in [7, 11) is 8.34. The Balaban J connectivity index is 1.77. The van der Waals surface area contributed by atoms with Crippen LogP contribution >= 0.6 is 0 Å². The van der Waals surface area contributed by atoms with Crippen LogP contribution in [-0.2, 0) is 19.8 Å². The Morgan fingerprint density at radius 1 is 1.06 bits per heavy atom. The van der Waals surface area contributed by atoms with Crippen LogP contribution in [0.15, 0.2) is 47.6 Å². The van der Waals surface area contributed by atoms with Crippen LogP contribution in [0.25, 0.3) is 5.70 Å². The van der Waals surface area contributed by atoms with Crippen molar-refractivity contribution in [3.8, 4) is 5.75 Å². The van der Waals surface area contributed by atoms with Gasteiger partial charge in [0.15, 0.2) is 0 Å². The Morgan fingerprint density at radius 3 is 2.38 bits per heavy atom. The van der Waals surface area contributed by atoms with Gasteiger partial charge in [-0.1, -0.05) is 44.4 Å². The van der Waals surface area contributed by atoms with E-state index >= 15 is 0 Å². The first-order chi connectivity index (χ1) is 23.6. The van der Waals surface area contributed by atoms with Gasteiger partial charge in [0.05, 0.1) is 12.5 Å². The number of benzene rings is 1. The molecule has 1 aromatic carbocycles. The maximum atomic E-state index is 14.8. The Bertz CT molecular complexity index is 1640. The molecule has 276 valence electrons. The normalized spacial score (nSPS) is 28.6. The minimum absolute atomic E-state index is 0.0413. The van der Waals surface area contributed by atoms with Gasteiger partial charge < -0.3 is 19.4 Å². The number of amides is 2. The van der Waals surface area contributed by atoms with Crippen LogP contribution in [0.4, 0.5) is 0 Å². The summed E-state index contributed by atoms with van der Waals surface area (Å²) in [4.78, 5) is 37.1. The highest BCUT2D eigenvalue weighted by Crippen LogP contribution is 2.53. The lowest BCUT2D eigenvalue weighted by Gasteiger charge is -2.40. The fraction of sp³-hybridized carbons (Fsp3) is 0.632. The molecule has 4 atom stereocenters. The minimum atomic E-state index is -4.00. The summed E-state index contributed by atoms with van der Waals surface area (Å²) in [5, 5.41) is 0. The third kappa shape index (κ3) is 7.54. The monoisotopic (exact) mass is 710 g/mol. The standard InChI is InChI=1S/C38H58N6O5S/c1-26-15-16-29(36(45)39-50(47,48)42(7)8)19-20-43-24-38(37(46)41(5)6)25-44(27(2)22-40(3)4)23-33(38)32-21-30(49-9)17-18-31(32)35(43)34(26)28-13-11-10-12-14-28/h15-19,21,26-28,33H,10-14,20,22-25H2,1-9H3,(H,39,45)/b16-15-,29-19+,35-34+. The quantitative estimate of drug-likeness (QED) is 0.413. The van der Waals surface area contributed by atoms with Crippen molar-refractivity contribution in [1.29, 1.82) is 0 Å². The predicted octanol–water partition coefficient (Wildman–Crippen LogP) is 3.78. The predicted molar refractivity (Wildman–Crippen MR) is 199 cm³/mol. The first kappa shape index (κ1) is 38.1. The van der Waals surface area contributed by atoms with Crippen molar-refractivity contribution in [2.24, 2.45) is 17.3 Å². The summed E-state index contributed by atoms with van der Waals surface area (Å²) in [6, 6.07) is 6.58. The fourth-order valence-corrected chi connectivity index (χ4v) is 9.26. The number of carbonyl (C=O) groups excluding carboxylic acids is 2. The number of carbonyl (C=O) groups is 2. The van der Waals surface area contributed by atoms with E-state index < -0.39 is 21.5 Å². The molecule has 0 spiro atoms. The third-order valence-electron chi connectivity index (χ3n) is 11.2. The molecule has 5 rings (SSSR count). The molecule has 0 radical (unpaired) electrons. The number of hydrogen-bond donors (Lipinski definition) is 1. The van der Waals surface area contributed by atoms with Gasteiger partial charge in [-0.3, -0.25) is 14.5 Å². The molecule has 1 N–H and O–H groups in total. The zero-order valence-electron chi connectivity index (χ0n) is 31.5. The molecule has 4 aliphatic rings. The molecule has 50 heavy (non-hydrogen) atoms. The SMILES string of the molecule is COc1ccc2c(c1)C1CN(C(C)CN(C)C)CC1(C(=O)N(C)C)CN1C/C=C(C(=O)NS(=O)(=O)N(C)C)\C=C/C(C)/C(C3CCCCC3)=C/21. The van der Waals surface area contributed by atoms with E-state index in [1.54, 1.807) is 18.1 Å². The Labute approximate surface area is 300 Å². The van der Waals surface area contributed by atoms with Crippen LogP contribution in [0.2, 0.25) is 0 Å². The van der Waals surface area contributed by atoms with E-state index in [0.29, 0.717) is 25.6 Å². The van der Waals surface area contributed by atoms with Crippen LogP contribution < -0.4 is 9.46 Å². The van der Waals surface area contributed by atoms with Gasteiger partial charge in [0, 0.05) is 89.7 Å². The van der Waals surface area contributed by atoms with Gasteiger partial charge in [-0.25, -0.2) is 4.72 Å². The highest BCUT2D eigenvalue weighted by atomic mass is 32.2. The molecule has 1 aliphatic carbocycles. The molecule has 11 nitrogen and oxygen atoms in total. The van der Waals surface area contributed by atoms with Crippen LogP contribution in [0, 0.1) is 17.3 Å². The van der Waals surface area contributed by atoms with Crippen LogP contribution in [-0.4, -0.2) is 132 Å². The van der Waals surface area contributed by atoms with Crippen molar-refractivity contribution >= 4 is 27.7 Å². The molecule has 2 amide bonds. The Hall–Kier alpha value is -3.19. The van der Waals surface area contributed by atoms with Crippen molar-refractivity contribution < 1.29 is 22.7 Å². The Morgan fingerprint density at radius 2 is 1.76 bits per heavy atom. The molecule has 3 heterocycles. The van der Waals surface area contributed by atoms with Crippen molar-refractivity contribution in [2.45, 2.75) is 57.9 Å². The zero-order valence-corrected chi connectivity index (χ0v) is 32.3. The van der Waals surface area contributed by atoms with Crippen LogP contribution in [0.5, 0.6) is 5.75 Å². The molecule has 0 aromatic heterocycles. The smallest absolute Gasteiger partial charge is 0.303 e. The maximum absolute atomic E-state index is 14.8. The van der Waals surface area contributed by atoms with E-state index in [-0.39, 0.29) is 29.4 Å². The van der Waals surface area contributed by atoms with Crippen molar-refractivity contribution in [2.75, 3.05) is 82.1 Å².